The quantitative estimate of drug-likeness (QED) is 0.330. The van der Waals surface area contributed by atoms with Gasteiger partial charge in [-0.05, 0) is 0 Å². The van der Waals surface area contributed by atoms with Gasteiger partial charge < -0.3 is 43.1 Å². The van der Waals surface area contributed by atoms with Crippen LogP contribution in [0.5, 0.6) is 0 Å². The van der Waals surface area contributed by atoms with Crippen molar-refractivity contribution >= 4 is 59.5 Å². The van der Waals surface area contributed by atoms with Crippen molar-refractivity contribution in [1.82, 2.24) is 0 Å². The Morgan fingerprint density at radius 2 is 0.667 bits per heavy atom. The van der Waals surface area contributed by atoms with Crippen LogP contribution in [0.25, 0.3) is 0 Å². The van der Waals surface area contributed by atoms with Crippen molar-refractivity contribution in [3.63, 3.8) is 0 Å². The van der Waals surface area contributed by atoms with Crippen molar-refractivity contribution in [2.24, 2.45) is 0 Å². The maximum Gasteiger partial charge on any atom is 3.00 e. The minimum Gasteiger partial charge on any atom is -0.813 e. The summed E-state index contributed by atoms with van der Waals surface area (Å²) in [6.45, 7) is 4.36. The van der Waals surface area contributed by atoms with Crippen LogP contribution in [0.2, 0.25) is 0 Å². The molecule has 0 radical (unpaired) electrons. The van der Waals surface area contributed by atoms with E-state index in [0.717, 1.165) is 0 Å². The summed E-state index contributed by atoms with van der Waals surface area (Å²) in [5.41, 5.74) is 0. The first-order chi connectivity index (χ1) is 7.11. The minimum absolute atomic E-state index is 0. The molecule has 104 valence electrons. The summed E-state index contributed by atoms with van der Waals surface area (Å²) in [4.78, 5) is 51.1. The molecule has 0 aliphatic carbocycles. The summed E-state index contributed by atoms with van der Waals surface area (Å²) in [6.07, 6.45) is 2.64. The topological polar surface area (TPSA) is 190 Å². The summed E-state index contributed by atoms with van der Waals surface area (Å²) >= 11 is 0. The van der Waals surface area contributed by atoms with E-state index in [2.05, 4.69) is 13.8 Å². The van der Waals surface area contributed by atoms with Crippen LogP contribution in [0, 0.1) is 0 Å². The maximum atomic E-state index is 8.52. The normalized spacial score (nSPS) is 7.50. The van der Waals surface area contributed by atoms with Gasteiger partial charge in [-0.1, -0.05) is 51.5 Å². The molecule has 0 N–H and O–H groups in total. The standard InChI is InChI=1S/C4H10.2Al.3H3O3P/c1-3-4-2;;;3*1-4(2)3/h3-4H2,1-2H3;;;3*4H,(H2,1,2,3)/q;2*+3;;;/p-6. The molecule has 0 fully saturated rings. The zero-order valence-electron chi connectivity index (χ0n) is 9.74. The molecule has 0 heterocycles. The van der Waals surface area contributed by atoms with E-state index in [4.69, 9.17) is 43.1 Å². The molecule has 0 spiro atoms. The fourth-order valence-corrected chi connectivity index (χ4v) is 0. The number of hydrogen-bond acceptors (Lipinski definition) is 9. The van der Waals surface area contributed by atoms with E-state index in [1.807, 2.05) is 0 Å². The number of unbranched alkanes of at least 4 members (excludes halogenated alkanes) is 1. The molecule has 0 aliphatic rings. The first kappa shape index (κ1) is 36.6. The minimum atomic E-state index is -3.63. The van der Waals surface area contributed by atoms with Crippen molar-refractivity contribution in [2.45, 2.75) is 26.7 Å². The van der Waals surface area contributed by atoms with E-state index in [9.17, 15) is 0 Å². The molecule has 18 heavy (non-hydrogen) atoms. The predicted octanol–water partition coefficient (Wildman–Crippen LogP) is -4.67. The third-order valence-electron chi connectivity index (χ3n) is 0.500. The second-order valence-corrected chi connectivity index (χ2v) is 3.25. The largest absolute Gasteiger partial charge is 3.00 e. The van der Waals surface area contributed by atoms with Gasteiger partial charge in [0.15, 0.2) is 0 Å². The molecule has 0 amide bonds. The molecule has 9 nitrogen and oxygen atoms in total. The van der Waals surface area contributed by atoms with Gasteiger partial charge in [-0.25, -0.2) is 0 Å². The van der Waals surface area contributed by atoms with Gasteiger partial charge in [0.05, 0.1) is 0 Å². The molecule has 0 unspecified atom stereocenters. The van der Waals surface area contributed by atoms with E-state index in [1.165, 1.54) is 12.8 Å². The predicted molar refractivity (Wildman–Crippen MR) is 59.1 cm³/mol. The number of rotatable bonds is 1. The van der Waals surface area contributed by atoms with E-state index < -0.39 is 24.8 Å². The Bertz CT molecular complexity index is 150. The van der Waals surface area contributed by atoms with Crippen LogP contribution < -0.4 is 29.4 Å². The Morgan fingerprint density at radius 1 is 0.611 bits per heavy atom. The van der Waals surface area contributed by atoms with Crippen molar-refractivity contribution in [3.8, 4) is 0 Å². The van der Waals surface area contributed by atoms with E-state index in [1.54, 1.807) is 0 Å². The summed E-state index contributed by atoms with van der Waals surface area (Å²) < 4.78 is 25.6. The molecule has 0 aromatic heterocycles. The van der Waals surface area contributed by atoms with Crippen molar-refractivity contribution in [2.75, 3.05) is 0 Å². The average molecular weight is 352 g/mol. The second-order valence-electron chi connectivity index (χ2n) is 1.75. The molecule has 0 atom stereocenters. The molecule has 0 aromatic carbocycles. The SMILES string of the molecule is CCCC.O=[PH]([O-])[O-].O=[PH]([O-])[O-].O=[PH]([O-])[O-].[Al+3].[Al+3]. The second kappa shape index (κ2) is 36.3. The Kier molecular flexibility index (Phi) is 73.8. The van der Waals surface area contributed by atoms with Crippen LogP contribution in [-0.2, 0) is 13.7 Å². The first-order valence-electron chi connectivity index (χ1n) is 3.75. The average Bonchev–Trinajstić information content (AvgIpc) is 2.00. The Labute approximate surface area is 129 Å². The Morgan fingerprint density at radius 3 is 0.667 bits per heavy atom. The van der Waals surface area contributed by atoms with Gasteiger partial charge in [-0.2, -0.15) is 0 Å². The van der Waals surface area contributed by atoms with Crippen molar-refractivity contribution in [1.29, 1.82) is 0 Å². The fraction of sp³-hybridized carbons (Fsp3) is 1.00. The Hall–Kier alpha value is 1.51. The first-order valence-corrected chi connectivity index (χ1v) is 7.43. The van der Waals surface area contributed by atoms with Crippen LogP contribution in [0.1, 0.15) is 26.7 Å². The van der Waals surface area contributed by atoms with E-state index in [0.29, 0.717) is 0 Å². The van der Waals surface area contributed by atoms with Gasteiger partial charge in [0, 0.05) is 0 Å². The van der Waals surface area contributed by atoms with Gasteiger partial charge in [0.1, 0.15) is 0 Å². The van der Waals surface area contributed by atoms with Gasteiger partial charge in [0.2, 0.25) is 0 Å². The molecule has 0 rings (SSSR count). The molecule has 0 saturated heterocycles. The van der Waals surface area contributed by atoms with Crippen LogP contribution in [0.3, 0.4) is 0 Å². The Balaban J connectivity index is -0.0000000257. The van der Waals surface area contributed by atoms with Crippen LogP contribution in [0.15, 0.2) is 0 Å². The molecule has 14 heteroatoms. The zero-order chi connectivity index (χ0) is 14.1. The molecule has 0 saturated carbocycles. The zero-order valence-corrected chi connectivity index (χ0v) is 15.1. The summed E-state index contributed by atoms with van der Waals surface area (Å²) in [7, 11) is -10.9. The molecular weight excluding hydrogens is 339 g/mol. The van der Waals surface area contributed by atoms with Crippen LogP contribution >= 0.6 is 24.8 Å². The van der Waals surface area contributed by atoms with Crippen LogP contribution in [0.4, 0.5) is 0 Å². The summed E-state index contributed by atoms with van der Waals surface area (Å²) in [5.74, 6) is 0. The molecular formula is C4H13Al2O9P3. The van der Waals surface area contributed by atoms with Gasteiger partial charge in [-0.15, -0.1) is 0 Å². The molecule has 0 bridgehead atoms. The number of hydrogen-bond donors (Lipinski definition) is 0. The van der Waals surface area contributed by atoms with Gasteiger partial charge >= 0.3 is 34.7 Å². The maximum absolute atomic E-state index is 8.52. The summed E-state index contributed by atoms with van der Waals surface area (Å²) in [6, 6.07) is 0. The van der Waals surface area contributed by atoms with Crippen LogP contribution in [-0.4, -0.2) is 34.7 Å². The fourth-order valence-electron chi connectivity index (χ4n) is 0. The van der Waals surface area contributed by atoms with Gasteiger partial charge in [0.25, 0.3) is 0 Å². The van der Waals surface area contributed by atoms with Crippen molar-refractivity contribution in [3.05, 3.63) is 0 Å². The third-order valence-corrected chi connectivity index (χ3v) is 0.500. The van der Waals surface area contributed by atoms with Gasteiger partial charge in [-0.3, -0.25) is 0 Å². The third kappa shape index (κ3) is 755. The molecule has 0 aromatic rings. The summed E-state index contributed by atoms with van der Waals surface area (Å²) in [5, 5.41) is 0. The smallest absolute Gasteiger partial charge is 0.813 e. The van der Waals surface area contributed by atoms with Crippen molar-refractivity contribution < 1.29 is 43.1 Å². The molecule has 0 aliphatic heterocycles. The van der Waals surface area contributed by atoms with E-state index >= 15 is 0 Å². The monoisotopic (exact) mass is 352 g/mol. The van der Waals surface area contributed by atoms with E-state index in [-0.39, 0.29) is 34.7 Å².